The Hall–Kier alpha value is -1.39. The summed E-state index contributed by atoms with van der Waals surface area (Å²) in [6.07, 6.45) is 3.15. The van der Waals surface area contributed by atoms with E-state index in [-0.39, 0.29) is 17.9 Å². The number of amides is 1. The molecule has 1 aliphatic carbocycles. The fourth-order valence-electron chi connectivity index (χ4n) is 3.45. The van der Waals surface area contributed by atoms with Gasteiger partial charge in [0, 0.05) is 19.6 Å². The van der Waals surface area contributed by atoms with Crippen molar-refractivity contribution >= 4 is 5.91 Å². The Morgan fingerprint density at radius 2 is 2.09 bits per heavy atom. The van der Waals surface area contributed by atoms with E-state index in [0.29, 0.717) is 25.6 Å². The third-order valence-electron chi connectivity index (χ3n) is 4.85. The number of rotatable bonds is 7. The van der Waals surface area contributed by atoms with E-state index in [4.69, 9.17) is 10.5 Å². The lowest BCUT2D eigenvalue weighted by Crippen LogP contribution is -2.42. The average molecular weight is 304 g/mol. The first-order valence-corrected chi connectivity index (χ1v) is 8.23. The van der Waals surface area contributed by atoms with E-state index in [9.17, 15) is 4.79 Å². The number of hydrogen-bond acceptors (Lipinski definition) is 3. The Morgan fingerprint density at radius 1 is 1.36 bits per heavy atom. The molecule has 1 amide bonds. The summed E-state index contributed by atoms with van der Waals surface area (Å²) in [5.41, 5.74) is 7.02. The molecule has 1 fully saturated rings. The zero-order valence-corrected chi connectivity index (χ0v) is 13.7. The number of ether oxygens (including phenoxy) is 1. The van der Waals surface area contributed by atoms with Crippen LogP contribution in [0.15, 0.2) is 30.3 Å². The SMILES string of the molecule is COCCN(C(=O)[C@@H]1CCC[C@@H]1CN)C(C)c1ccccc1. The highest BCUT2D eigenvalue weighted by Crippen LogP contribution is 2.34. The van der Waals surface area contributed by atoms with E-state index >= 15 is 0 Å². The Labute approximate surface area is 133 Å². The summed E-state index contributed by atoms with van der Waals surface area (Å²) in [5.74, 6) is 0.648. The van der Waals surface area contributed by atoms with E-state index in [2.05, 4.69) is 19.1 Å². The summed E-state index contributed by atoms with van der Waals surface area (Å²) in [6.45, 7) is 3.88. The van der Waals surface area contributed by atoms with Crippen LogP contribution in [-0.2, 0) is 9.53 Å². The average Bonchev–Trinajstić information content (AvgIpc) is 3.04. The first-order chi connectivity index (χ1) is 10.7. The minimum Gasteiger partial charge on any atom is -0.383 e. The zero-order chi connectivity index (χ0) is 15.9. The molecule has 1 aromatic carbocycles. The molecule has 1 unspecified atom stereocenters. The summed E-state index contributed by atoms with van der Waals surface area (Å²) in [5, 5.41) is 0. The Balaban J connectivity index is 2.16. The highest BCUT2D eigenvalue weighted by atomic mass is 16.5. The first-order valence-electron chi connectivity index (χ1n) is 8.23. The number of nitrogens with two attached hydrogens (primary N) is 1. The highest BCUT2D eigenvalue weighted by molar-refractivity contribution is 5.80. The summed E-state index contributed by atoms with van der Waals surface area (Å²) >= 11 is 0. The molecule has 0 radical (unpaired) electrons. The van der Waals surface area contributed by atoms with Crippen molar-refractivity contribution in [2.45, 2.75) is 32.2 Å². The zero-order valence-electron chi connectivity index (χ0n) is 13.7. The van der Waals surface area contributed by atoms with Crippen molar-refractivity contribution in [2.24, 2.45) is 17.6 Å². The van der Waals surface area contributed by atoms with Crippen LogP contribution in [-0.4, -0.2) is 37.6 Å². The maximum atomic E-state index is 13.1. The maximum Gasteiger partial charge on any atom is 0.226 e. The lowest BCUT2D eigenvalue weighted by atomic mass is 9.93. The van der Waals surface area contributed by atoms with Crippen molar-refractivity contribution in [3.63, 3.8) is 0 Å². The van der Waals surface area contributed by atoms with E-state index in [1.165, 1.54) is 0 Å². The van der Waals surface area contributed by atoms with Gasteiger partial charge in [0.05, 0.1) is 12.6 Å². The van der Waals surface area contributed by atoms with Gasteiger partial charge in [-0.25, -0.2) is 0 Å². The molecule has 1 aliphatic rings. The van der Waals surface area contributed by atoms with Gasteiger partial charge in [-0.1, -0.05) is 36.8 Å². The first kappa shape index (κ1) is 17.0. The van der Waals surface area contributed by atoms with Gasteiger partial charge in [0.15, 0.2) is 0 Å². The summed E-state index contributed by atoms with van der Waals surface area (Å²) < 4.78 is 5.21. The third kappa shape index (κ3) is 3.87. The largest absolute Gasteiger partial charge is 0.383 e. The molecule has 22 heavy (non-hydrogen) atoms. The number of methoxy groups -OCH3 is 1. The molecule has 122 valence electrons. The van der Waals surface area contributed by atoms with Crippen LogP contribution in [0.1, 0.15) is 37.8 Å². The van der Waals surface area contributed by atoms with Crippen LogP contribution in [0.5, 0.6) is 0 Å². The van der Waals surface area contributed by atoms with Gasteiger partial charge >= 0.3 is 0 Å². The monoisotopic (exact) mass is 304 g/mol. The molecule has 2 N–H and O–H groups in total. The molecule has 2 rings (SSSR count). The Bertz CT molecular complexity index is 463. The molecule has 1 aromatic rings. The lowest BCUT2D eigenvalue weighted by molar-refractivity contribution is -0.139. The van der Waals surface area contributed by atoms with E-state index < -0.39 is 0 Å². The van der Waals surface area contributed by atoms with Gasteiger partial charge in [0.25, 0.3) is 0 Å². The number of benzene rings is 1. The minimum atomic E-state index is 0.0582. The molecule has 0 aliphatic heterocycles. The molecule has 1 saturated carbocycles. The normalized spacial score (nSPS) is 22.5. The van der Waals surface area contributed by atoms with Crippen molar-refractivity contribution in [3.05, 3.63) is 35.9 Å². The number of carbonyl (C=O) groups excluding carboxylic acids is 1. The van der Waals surface area contributed by atoms with Gasteiger partial charge in [-0.3, -0.25) is 4.79 Å². The van der Waals surface area contributed by atoms with Gasteiger partial charge in [-0.15, -0.1) is 0 Å². The lowest BCUT2D eigenvalue weighted by Gasteiger charge is -2.33. The van der Waals surface area contributed by atoms with Crippen LogP contribution < -0.4 is 5.73 Å². The fraction of sp³-hybridized carbons (Fsp3) is 0.611. The van der Waals surface area contributed by atoms with E-state index in [1.54, 1.807) is 7.11 Å². The van der Waals surface area contributed by atoms with E-state index in [0.717, 1.165) is 24.8 Å². The second kappa shape index (κ2) is 8.30. The molecule has 0 heterocycles. The minimum absolute atomic E-state index is 0.0582. The van der Waals surface area contributed by atoms with Crippen LogP contribution in [0.25, 0.3) is 0 Å². The second-order valence-electron chi connectivity index (χ2n) is 6.14. The molecule has 4 heteroatoms. The molecule has 0 spiro atoms. The molecular formula is C18H28N2O2. The molecular weight excluding hydrogens is 276 g/mol. The smallest absolute Gasteiger partial charge is 0.226 e. The Kier molecular flexibility index (Phi) is 6.40. The second-order valence-corrected chi connectivity index (χ2v) is 6.14. The molecule has 3 atom stereocenters. The predicted octanol–water partition coefficient (Wildman–Crippen LogP) is 2.60. The third-order valence-corrected chi connectivity index (χ3v) is 4.85. The van der Waals surface area contributed by atoms with Gasteiger partial charge in [-0.05, 0) is 37.8 Å². The summed E-state index contributed by atoms with van der Waals surface area (Å²) in [6, 6.07) is 10.2. The van der Waals surface area contributed by atoms with Gasteiger partial charge in [0.2, 0.25) is 5.91 Å². The van der Waals surface area contributed by atoms with Crippen molar-refractivity contribution in [1.29, 1.82) is 0 Å². The number of carbonyl (C=O) groups is 1. The maximum absolute atomic E-state index is 13.1. The van der Waals surface area contributed by atoms with Crippen LogP contribution >= 0.6 is 0 Å². The quantitative estimate of drug-likeness (QED) is 0.842. The Morgan fingerprint density at radius 3 is 2.73 bits per heavy atom. The fourth-order valence-corrected chi connectivity index (χ4v) is 3.45. The number of hydrogen-bond donors (Lipinski definition) is 1. The van der Waals surface area contributed by atoms with Crippen molar-refractivity contribution in [1.82, 2.24) is 4.90 Å². The molecule has 0 bridgehead atoms. The standard InChI is InChI=1S/C18H28N2O2/c1-14(15-7-4-3-5-8-15)20(11-12-22-2)18(21)17-10-6-9-16(17)13-19/h3-5,7-8,14,16-17H,6,9-13,19H2,1-2H3/t14?,16-,17-/m1/s1. The van der Waals surface area contributed by atoms with Gasteiger partial charge in [-0.2, -0.15) is 0 Å². The summed E-state index contributed by atoms with van der Waals surface area (Å²) in [4.78, 5) is 15.0. The van der Waals surface area contributed by atoms with Crippen LogP contribution in [0.2, 0.25) is 0 Å². The highest BCUT2D eigenvalue weighted by Gasteiger charge is 2.36. The van der Waals surface area contributed by atoms with Crippen molar-refractivity contribution in [3.8, 4) is 0 Å². The van der Waals surface area contributed by atoms with Crippen LogP contribution in [0.3, 0.4) is 0 Å². The molecule has 0 aromatic heterocycles. The van der Waals surface area contributed by atoms with Crippen LogP contribution in [0.4, 0.5) is 0 Å². The van der Waals surface area contributed by atoms with Crippen molar-refractivity contribution < 1.29 is 9.53 Å². The van der Waals surface area contributed by atoms with Crippen LogP contribution in [0, 0.1) is 11.8 Å². The topological polar surface area (TPSA) is 55.6 Å². The summed E-state index contributed by atoms with van der Waals surface area (Å²) in [7, 11) is 1.67. The van der Waals surface area contributed by atoms with Crippen molar-refractivity contribution in [2.75, 3.05) is 26.8 Å². The molecule has 4 nitrogen and oxygen atoms in total. The molecule has 0 saturated heterocycles. The number of nitrogens with zero attached hydrogens (tertiary/aromatic N) is 1. The van der Waals surface area contributed by atoms with Gasteiger partial charge in [0.1, 0.15) is 0 Å². The van der Waals surface area contributed by atoms with E-state index in [1.807, 2.05) is 23.1 Å². The van der Waals surface area contributed by atoms with Gasteiger partial charge < -0.3 is 15.4 Å². The predicted molar refractivity (Wildman–Crippen MR) is 88.3 cm³/mol.